The van der Waals surface area contributed by atoms with Gasteiger partial charge in [0, 0.05) is 0 Å². The Balaban J connectivity index is 1.53. The van der Waals surface area contributed by atoms with E-state index in [2.05, 4.69) is 0 Å². The molecule has 0 radical (unpaired) electrons. The van der Waals surface area contributed by atoms with Crippen molar-refractivity contribution in [2.45, 2.75) is 51.0 Å². The number of benzene rings is 1. The zero-order chi connectivity index (χ0) is 13.7. The van der Waals surface area contributed by atoms with E-state index in [4.69, 9.17) is 0 Å². The molecule has 5 rings (SSSR count). The monoisotopic (exact) mass is 272 g/mol. The lowest BCUT2D eigenvalue weighted by Gasteiger charge is -2.58. The molecule has 1 unspecified atom stereocenters. The van der Waals surface area contributed by atoms with E-state index in [-0.39, 0.29) is 11.5 Å². The first-order valence-electron chi connectivity index (χ1n) is 8.09. The largest absolute Gasteiger partial charge is 0.508 e. The highest BCUT2D eigenvalue weighted by molar-refractivity contribution is 5.26. The molecule has 1 atom stereocenters. The molecule has 4 fully saturated rings. The number of aliphatic hydroxyl groups excluding tert-OH is 1. The summed E-state index contributed by atoms with van der Waals surface area (Å²) < 4.78 is 0. The number of aliphatic hydroxyl groups is 1. The Hall–Kier alpha value is -1.02. The molecule has 4 bridgehead atoms. The summed E-state index contributed by atoms with van der Waals surface area (Å²) in [4.78, 5) is 0. The number of hydrogen-bond donors (Lipinski definition) is 2. The molecule has 2 heteroatoms. The van der Waals surface area contributed by atoms with Crippen LogP contribution in [0.5, 0.6) is 5.75 Å². The quantitative estimate of drug-likeness (QED) is 0.884. The predicted molar refractivity (Wildman–Crippen MR) is 78.4 cm³/mol. The van der Waals surface area contributed by atoms with E-state index in [0.29, 0.717) is 5.75 Å². The summed E-state index contributed by atoms with van der Waals surface area (Å²) in [5.74, 6) is 2.96. The first kappa shape index (κ1) is 12.7. The lowest BCUT2D eigenvalue weighted by molar-refractivity contribution is -0.119. The molecule has 2 N–H and O–H groups in total. The van der Waals surface area contributed by atoms with E-state index in [1.165, 1.54) is 38.5 Å². The van der Waals surface area contributed by atoms with E-state index in [1.54, 1.807) is 12.1 Å². The molecule has 0 saturated heterocycles. The zero-order valence-electron chi connectivity index (χ0n) is 12.0. The second-order valence-electron chi connectivity index (χ2n) is 7.67. The normalized spacial score (nSPS) is 40.0. The van der Waals surface area contributed by atoms with Gasteiger partial charge >= 0.3 is 0 Å². The van der Waals surface area contributed by atoms with Gasteiger partial charge in [0.25, 0.3) is 0 Å². The zero-order valence-corrected chi connectivity index (χ0v) is 12.0. The van der Waals surface area contributed by atoms with Crippen LogP contribution in [0.4, 0.5) is 0 Å². The number of rotatable bonds is 3. The van der Waals surface area contributed by atoms with Gasteiger partial charge < -0.3 is 10.2 Å². The minimum atomic E-state index is -0.208. The third kappa shape index (κ3) is 2.05. The van der Waals surface area contributed by atoms with Crippen molar-refractivity contribution in [1.82, 2.24) is 0 Å². The molecule has 4 aliphatic rings. The van der Waals surface area contributed by atoms with Crippen LogP contribution >= 0.6 is 0 Å². The highest BCUT2D eigenvalue weighted by Gasteiger charge is 2.53. The first-order valence-corrected chi connectivity index (χ1v) is 8.09. The molecule has 0 heterocycles. The average molecular weight is 272 g/mol. The van der Waals surface area contributed by atoms with E-state index < -0.39 is 0 Å². The number of phenolic OH excluding ortho intramolecular Hbond substituents is 1. The van der Waals surface area contributed by atoms with Crippen LogP contribution in [0.1, 0.15) is 44.1 Å². The van der Waals surface area contributed by atoms with Gasteiger partial charge in [-0.3, -0.25) is 0 Å². The minimum Gasteiger partial charge on any atom is -0.508 e. The van der Waals surface area contributed by atoms with Crippen LogP contribution in [0.15, 0.2) is 24.3 Å². The molecule has 108 valence electrons. The summed E-state index contributed by atoms with van der Waals surface area (Å²) in [6.45, 7) is 0. The second kappa shape index (κ2) is 4.49. The van der Waals surface area contributed by atoms with Crippen molar-refractivity contribution in [3.63, 3.8) is 0 Å². The molecule has 1 aromatic rings. The predicted octanol–water partition coefficient (Wildman–Crippen LogP) is 3.51. The maximum absolute atomic E-state index is 10.9. The fourth-order valence-corrected chi connectivity index (χ4v) is 5.66. The Bertz CT molecular complexity index is 455. The van der Waals surface area contributed by atoms with Crippen molar-refractivity contribution >= 4 is 0 Å². The molecule has 4 saturated carbocycles. The van der Waals surface area contributed by atoms with E-state index in [1.807, 2.05) is 12.1 Å². The summed E-state index contributed by atoms with van der Waals surface area (Å²) in [6, 6.07) is 7.33. The van der Waals surface area contributed by atoms with Crippen LogP contribution in [0, 0.1) is 23.2 Å². The van der Waals surface area contributed by atoms with Crippen LogP contribution in [0.2, 0.25) is 0 Å². The van der Waals surface area contributed by atoms with Crippen LogP contribution in [-0.4, -0.2) is 16.3 Å². The van der Waals surface area contributed by atoms with Crippen LogP contribution in [0.3, 0.4) is 0 Å². The standard InChI is InChI=1S/C18H24O2/c19-16-3-1-12(2-4-16)8-17(20)18-9-13-5-14(10-18)7-15(6-13)11-18/h1-4,13-15,17,19-20H,5-11H2. The van der Waals surface area contributed by atoms with Crippen LogP contribution < -0.4 is 0 Å². The van der Waals surface area contributed by atoms with Gasteiger partial charge in [0.15, 0.2) is 0 Å². The average Bonchev–Trinajstić information content (AvgIpc) is 2.40. The molecule has 4 aliphatic carbocycles. The van der Waals surface area contributed by atoms with E-state index in [0.717, 1.165) is 29.7 Å². The SMILES string of the molecule is Oc1ccc(CC(O)C23CC4CC(CC(C4)C2)C3)cc1. The molecular weight excluding hydrogens is 248 g/mol. The van der Waals surface area contributed by atoms with E-state index in [9.17, 15) is 10.2 Å². The van der Waals surface area contributed by atoms with Crippen molar-refractivity contribution in [3.05, 3.63) is 29.8 Å². The highest BCUT2D eigenvalue weighted by Crippen LogP contribution is 2.61. The van der Waals surface area contributed by atoms with Crippen molar-refractivity contribution in [2.75, 3.05) is 0 Å². The number of hydrogen-bond acceptors (Lipinski definition) is 2. The maximum atomic E-state index is 10.9. The molecule has 0 aliphatic heterocycles. The topological polar surface area (TPSA) is 40.5 Å². The molecular formula is C18H24O2. The van der Waals surface area contributed by atoms with Crippen molar-refractivity contribution < 1.29 is 10.2 Å². The van der Waals surface area contributed by atoms with Gasteiger partial charge in [-0.2, -0.15) is 0 Å². The second-order valence-corrected chi connectivity index (χ2v) is 7.67. The van der Waals surface area contributed by atoms with Gasteiger partial charge in [0.1, 0.15) is 5.75 Å². The summed E-state index contributed by atoms with van der Waals surface area (Å²) in [7, 11) is 0. The van der Waals surface area contributed by atoms with Crippen molar-refractivity contribution in [2.24, 2.45) is 23.2 Å². The van der Waals surface area contributed by atoms with Crippen molar-refractivity contribution in [1.29, 1.82) is 0 Å². The lowest BCUT2D eigenvalue weighted by atomic mass is 9.48. The molecule has 1 aromatic carbocycles. The Morgan fingerprint density at radius 2 is 1.45 bits per heavy atom. The third-order valence-electron chi connectivity index (χ3n) is 6.16. The van der Waals surface area contributed by atoms with Gasteiger partial charge in [-0.15, -0.1) is 0 Å². The Kier molecular flexibility index (Phi) is 2.85. The summed E-state index contributed by atoms with van der Waals surface area (Å²) in [6.07, 6.45) is 8.54. The fraction of sp³-hybridized carbons (Fsp3) is 0.667. The Morgan fingerprint density at radius 1 is 0.950 bits per heavy atom. The van der Waals surface area contributed by atoms with Crippen molar-refractivity contribution in [3.8, 4) is 5.75 Å². The molecule has 0 spiro atoms. The van der Waals surface area contributed by atoms with Crippen LogP contribution in [0.25, 0.3) is 0 Å². The molecule has 0 aromatic heterocycles. The fourth-order valence-electron chi connectivity index (χ4n) is 5.66. The Morgan fingerprint density at radius 3 is 1.95 bits per heavy atom. The first-order chi connectivity index (χ1) is 9.63. The molecule has 0 amide bonds. The van der Waals surface area contributed by atoms with Crippen LogP contribution in [-0.2, 0) is 6.42 Å². The maximum Gasteiger partial charge on any atom is 0.115 e. The van der Waals surface area contributed by atoms with Gasteiger partial charge in [-0.25, -0.2) is 0 Å². The summed E-state index contributed by atoms with van der Waals surface area (Å²) in [5, 5.41) is 20.2. The molecule has 20 heavy (non-hydrogen) atoms. The lowest BCUT2D eigenvalue weighted by Crippen LogP contribution is -2.52. The van der Waals surface area contributed by atoms with Gasteiger partial charge in [0.2, 0.25) is 0 Å². The highest BCUT2D eigenvalue weighted by atomic mass is 16.3. The van der Waals surface area contributed by atoms with E-state index >= 15 is 0 Å². The minimum absolute atomic E-state index is 0.201. The van der Waals surface area contributed by atoms with Gasteiger partial charge in [-0.1, -0.05) is 12.1 Å². The molecule has 2 nitrogen and oxygen atoms in total. The van der Waals surface area contributed by atoms with Gasteiger partial charge in [0.05, 0.1) is 6.10 Å². The number of aromatic hydroxyl groups is 1. The smallest absolute Gasteiger partial charge is 0.115 e. The number of phenols is 1. The third-order valence-corrected chi connectivity index (χ3v) is 6.16. The summed E-state index contributed by atoms with van der Waals surface area (Å²) in [5.41, 5.74) is 1.35. The van der Waals surface area contributed by atoms with Gasteiger partial charge in [-0.05, 0) is 85.8 Å². The summed E-state index contributed by atoms with van der Waals surface area (Å²) >= 11 is 0. The Labute approximate surface area is 120 Å².